The molecule has 0 spiro atoms. The molecule has 0 aliphatic carbocycles. The van der Waals surface area contributed by atoms with Crippen LogP contribution in [0.1, 0.15) is 17.8 Å². The van der Waals surface area contributed by atoms with E-state index in [0.29, 0.717) is 5.88 Å². The van der Waals surface area contributed by atoms with E-state index in [9.17, 15) is 0 Å². The quantitative estimate of drug-likeness (QED) is 0.923. The van der Waals surface area contributed by atoms with E-state index < -0.39 is 0 Å². The van der Waals surface area contributed by atoms with Crippen LogP contribution in [0.15, 0.2) is 34.2 Å². The highest BCUT2D eigenvalue weighted by molar-refractivity contribution is 9.10. The number of rotatable bonds is 4. The van der Waals surface area contributed by atoms with Crippen molar-refractivity contribution in [1.82, 2.24) is 4.98 Å². The van der Waals surface area contributed by atoms with Crippen LogP contribution < -0.4 is 10.1 Å². The molecule has 0 fully saturated rings. The fourth-order valence-electron chi connectivity index (χ4n) is 1.52. The van der Waals surface area contributed by atoms with Gasteiger partial charge >= 0.3 is 0 Å². The predicted molar refractivity (Wildman–Crippen MR) is 74.8 cm³/mol. The Balaban J connectivity index is 2.15. The lowest BCUT2D eigenvalue weighted by atomic mass is 10.2. The normalized spacial score (nSPS) is 12.2. The van der Waals surface area contributed by atoms with Crippen LogP contribution in [0.3, 0.4) is 0 Å². The molecular weight excluding hydrogens is 300 g/mol. The topological polar surface area (TPSA) is 34.1 Å². The smallest absolute Gasteiger partial charge is 0.237 e. The molecule has 0 radical (unpaired) electrons. The molecule has 0 bridgehead atoms. The zero-order valence-corrected chi connectivity index (χ0v) is 12.0. The van der Waals surface area contributed by atoms with Crippen LogP contribution in [0.25, 0.3) is 0 Å². The summed E-state index contributed by atoms with van der Waals surface area (Å²) in [6.45, 7) is 2.12. The first-order valence-corrected chi connectivity index (χ1v) is 6.87. The van der Waals surface area contributed by atoms with Gasteiger partial charge in [0, 0.05) is 20.9 Å². The molecule has 0 aromatic carbocycles. The minimum atomic E-state index is 0.226. The number of ether oxygens (including phenoxy) is 1. The Morgan fingerprint density at radius 1 is 1.53 bits per heavy atom. The molecule has 0 saturated heterocycles. The summed E-state index contributed by atoms with van der Waals surface area (Å²) in [5.41, 5.74) is 0.909. The number of nitrogens with one attached hydrogen (secondary N) is 1. The predicted octanol–water partition coefficient (Wildman–Crippen LogP) is 4.09. The zero-order valence-electron chi connectivity index (χ0n) is 9.61. The lowest BCUT2D eigenvalue weighted by Gasteiger charge is -2.15. The molecule has 0 amide bonds. The van der Waals surface area contributed by atoms with Crippen LogP contribution in [0, 0.1) is 0 Å². The molecule has 0 aliphatic rings. The number of anilines is 1. The van der Waals surface area contributed by atoms with Gasteiger partial charge in [-0.05, 0) is 41.1 Å². The number of halogens is 1. The number of thiophene rings is 1. The van der Waals surface area contributed by atoms with E-state index in [1.807, 2.05) is 12.1 Å². The van der Waals surface area contributed by atoms with Crippen molar-refractivity contribution in [2.45, 2.75) is 13.0 Å². The Labute approximate surface area is 113 Å². The number of pyridine rings is 1. The van der Waals surface area contributed by atoms with Crippen LogP contribution in [0.5, 0.6) is 5.88 Å². The molecule has 3 nitrogen and oxygen atoms in total. The van der Waals surface area contributed by atoms with Gasteiger partial charge in [0.05, 0.1) is 18.8 Å². The van der Waals surface area contributed by atoms with Gasteiger partial charge in [0.1, 0.15) is 0 Å². The Bertz CT molecular complexity index is 501. The molecule has 2 heterocycles. The van der Waals surface area contributed by atoms with Crippen LogP contribution in [0.2, 0.25) is 0 Å². The number of aromatic nitrogens is 1. The highest BCUT2D eigenvalue weighted by Gasteiger charge is 2.10. The van der Waals surface area contributed by atoms with Gasteiger partial charge in [-0.25, -0.2) is 4.98 Å². The first kappa shape index (κ1) is 12.4. The van der Waals surface area contributed by atoms with Crippen LogP contribution in [-0.2, 0) is 0 Å². The van der Waals surface area contributed by atoms with Gasteiger partial charge < -0.3 is 10.1 Å². The minimum Gasteiger partial charge on any atom is -0.480 e. The van der Waals surface area contributed by atoms with Gasteiger partial charge in [0.25, 0.3) is 0 Å². The SMILES string of the molecule is COc1ncccc1NC(C)c1cc(Br)cs1. The molecular formula is C12H13BrN2OS. The van der Waals surface area contributed by atoms with E-state index >= 15 is 0 Å². The average molecular weight is 313 g/mol. The zero-order chi connectivity index (χ0) is 12.3. The van der Waals surface area contributed by atoms with Crippen molar-refractivity contribution in [3.05, 3.63) is 39.1 Å². The summed E-state index contributed by atoms with van der Waals surface area (Å²) in [6, 6.07) is 6.20. The van der Waals surface area contributed by atoms with Crippen molar-refractivity contribution >= 4 is 33.0 Å². The second kappa shape index (κ2) is 5.51. The van der Waals surface area contributed by atoms with Crippen LogP contribution in [-0.4, -0.2) is 12.1 Å². The summed E-state index contributed by atoms with van der Waals surface area (Å²) in [5, 5.41) is 5.47. The standard InChI is InChI=1S/C12H13BrN2OS/c1-8(11-6-9(13)7-17-11)15-10-4-3-5-14-12(10)16-2/h3-8,15H,1-2H3. The van der Waals surface area contributed by atoms with Crippen molar-refractivity contribution in [1.29, 1.82) is 0 Å². The molecule has 2 aromatic rings. The first-order valence-electron chi connectivity index (χ1n) is 5.20. The average Bonchev–Trinajstić information content (AvgIpc) is 2.77. The fourth-order valence-corrected chi connectivity index (χ4v) is 2.98. The van der Waals surface area contributed by atoms with Crippen molar-refractivity contribution < 1.29 is 4.74 Å². The monoisotopic (exact) mass is 312 g/mol. The van der Waals surface area contributed by atoms with E-state index in [0.717, 1.165) is 10.2 Å². The molecule has 0 aliphatic heterocycles. The van der Waals surface area contributed by atoms with E-state index in [2.05, 4.69) is 44.6 Å². The molecule has 2 rings (SSSR count). The minimum absolute atomic E-state index is 0.226. The first-order chi connectivity index (χ1) is 8.20. The van der Waals surface area contributed by atoms with Crippen molar-refractivity contribution in [3.8, 4) is 5.88 Å². The second-order valence-corrected chi connectivity index (χ2v) is 5.45. The maximum Gasteiger partial charge on any atom is 0.237 e. The third-order valence-electron chi connectivity index (χ3n) is 2.35. The Kier molecular flexibility index (Phi) is 4.02. The van der Waals surface area contributed by atoms with Crippen molar-refractivity contribution in [2.24, 2.45) is 0 Å². The highest BCUT2D eigenvalue weighted by atomic mass is 79.9. The second-order valence-electron chi connectivity index (χ2n) is 3.59. The summed E-state index contributed by atoms with van der Waals surface area (Å²) in [4.78, 5) is 5.42. The maximum atomic E-state index is 5.21. The van der Waals surface area contributed by atoms with Crippen molar-refractivity contribution in [3.63, 3.8) is 0 Å². The molecule has 90 valence electrons. The molecule has 5 heteroatoms. The molecule has 1 unspecified atom stereocenters. The highest BCUT2D eigenvalue weighted by Crippen LogP contribution is 2.30. The Hall–Kier alpha value is -1.07. The Morgan fingerprint density at radius 3 is 3.00 bits per heavy atom. The third kappa shape index (κ3) is 2.98. The van der Waals surface area contributed by atoms with Crippen LogP contribution in [0.4, 0.5) is 5.69 Å². The molecule has 17 heavy (non-hydrogen) atoms. The van der Waals surface area contributed by atoms with Gasteiger partial charge in [-0.15, -0.1) is 11.3 Å². The number of hydrogen-bond acceptors (Lipinski definition) is 4. The lowest BCUT2D eigenvalue weighted by Crippen LogP contribution is -2.06. The third-order valence-corrected chi connectivity index (χ3v) is 4.23. The van der Waals surface area contributed by atoms with E-state index in [4.69, 9.17) is 4.74 Å². The van der Waals surface area contributed by atoms with Gasteiger partial charge in [0.2, 0.25) is 5.88 Å². The summed E-state index contributed by atoms with van der Waals surface area (Å²) in [5.74, 6) is 0.620. The fraction of sp³-hybridized carbons (Fsp3) is 0.250. The van der Waals surface area contributed by atoms with Gasteiger partial charge in [0.15, 0.2) is 0 Å². The number of hydrogen-bond donors (Lipinski definition) is 1. The van der Waals surface area contributed by atoms with Gasteiger partial charge in [-0.2, -0.15) is 0 Å². The summed E-state index contributed by atoms with van der Waals surface area (Å²) < 4.78 is 6.32. The van der Waals surface area contributed by atoms with Crippen LogP contribution >= 0.6 is 27.3 Å². The summed E-state index contributed by atoms with van der Waals surface area (Å²) in [7, 11) is 1.62. The lowest BCUT2D eigenvalue weighted by molar-refractivity contribution is 0.399. The summed E-state index contributed by atoms with van der Waals surface area (Å²) >= 11 is 5.18. The molecule has 0 saturated carbocycles. The molecule has 1 N–H and O–H groups in total. The largest absolute Gasteiger partial charge is 0.480 e. The van der Waals surface area contributed by atoms with E-state index in [-0.39, 0.29) is 6.04 Å². The Morgan fingerprint density at radius 2 is 2.35 bits per heavy atom. The van der Waals surface area contributed by atoms with Gasteiger partial charge in [-0.3, -0.25) is 0 Å². The van der Waals surface area contributed by atoms with E-state index in [1.54, 1.807) is 24.6 Å². The summed E-state index contributed by atoms with van der Waals surface area (Å²) in [6.07, 6.45) is 1.72. The van der Waals surface area contributed by atoms with Crippen molar-refractivity contribution in [2.75, 3.05) is 12.4 Å². The number of nitrogens with zero attached hydrogens (tertiary/aromatic N) is 1. The molecule has 2 aromatic heterocycles. The maximum absolute atomic E-state index is 5.21. The number of methoxy groups -OCH3 is 1. The van der Waals surface area contributed by atoms with Gasteiger partial charge in [-0.1, -0.05) is 0 Å². The van der Waals surface area contributed by atoms with E-state index in [1.165, 1.54) is 4.88 Å². The molecule has 1 atom stereocenters.